The monoisotopic (exact) mass is 419 g/mol. The van der Waals surface area contributed by atoms with Crippen molar-refractivity contribution < 1.29 is 0 Å². The van der Waals surface area contributed by atoms with Crippen LogP contribution in [-0.2, 0) is 0 Å². The number of anilines is 3. The Balaban J connectivity index is 1.39. The molecule has 2 aliphatic heterocycles. The van der Waals surface area contributed by atoms with Gasteiger partial charge in [0.25, 0.3) is 0 Å². The average Bonchev–Trinajstić information content (AvgIpc) is 3.13. The molecule has 5 heterocycles. The molecule has 164 valence electrons. The third kappa shape index (κ3) is 4.37. The van der Waals surface area contributed by atoms with Gasteiger partial charge in [-0.15, -0.1) is 0 Å². The number of aromatic nitrogens is 4. The Bertz CT molecular complexity index is 1030. The number of hydrogen-bond acceptors (Lipinski definition) is 6. The van der Waals surface area contributed by atoms with E-state index in [9.17, 15) is 0 Å². The molecule has 7 nitrogen and oxygen atoms in total. The van der Waals surface area contributed by atoms with Gasteiger partial charge in [-0.25, -0.2) is 4.98 Å². The number of aromatic amines is 1. The highest BCUT2D eigenvalue weighted by molar-refractivity contribution is 5.91. The van der Waals surface area contributed by atoms with E-state index in [0.29, 0.717) is 18.1 Å². The van der Waals surface area contributed by atoms with E-state index in [0.717, 1.165) is 40.0 Å². The molecular formula is C24H33N7. The quantitative estimate of drug-likeness (QED) is 0.529. The molecule has 0 amide bonds. The molecule has 3 atom stereocenters. The highest BCUT2D eigenvalue weighted by Crippen LogP contribution is 2.36. The summed E-state index contributed by atoms with van der Waals surface area (Å²) in [5, 5.41) is 15.5. The zero-order valence-electron chi connectivity index (χ0n) is 18.7. The lowest BCUT2D eigenvalue weighted by Crippen LogP contribution is -2.55. The fourth-order valence-electron chi connectivity index (χ4n) is 5.37. The van der Waals surface area contributed by atoms with Gasteiger partial charge < -0.3 is 10.6 Å². The molecule has 3 aromatic rings. The van der Waals surface area contributed by atoms with Gasteiger partial charge in [0.1, 0.15) is 11.6 Å². The Labute approximate surface area is 184 Å². The van der Waals surface area contributed by atoms with Gasteiger partial charge in [0, 0.05) is 54.1 Å². The number of H-pyrrole nitrogens is 1. The number of pyridine rings is 2. The van der Waals surface area contributed by atoms with Crippen LogP contribution >= 0.6 is 0 Å². The maximum absolute atomic E-state index is 4.93. The van der Waals surface area contributed by atoms with Gasteiger partial charge in [-0.2, -0.15) is 5.10 Å². The molecule has 2 saturated heterocycles. The van der Waals surface area contributed by atoms with Crippen LogP contribution in [0.25, 0.3) is 10.9 Å². The first kappa shape index (κ1) is 20.2. The van der Waals surface area contributed by atoms with Crippen molar-refractivity contribution in [2.45, 2.75) is 71.0 Å². The molecule has 0 aromatic carbocycles. The van der Waals surface area contributed by atoms with Crippen LogP contribution in [0.2, 0.25) is 0 Å². The minimum atomic E-state index is 0.442. The Hall–Kier alpha value is -2.67. The first-order valence-electron chi connectivity index (χ1n) is 11.6. The molecular weight excluding hydrogens is 386 g/mol. The highest BCUT2D eigenvalue weighted by atomic mass is 15.2. The van der Waals surface area contributed by atoms with Crippen molar-refractivity contribution in [2.24, 2.45) is 5.92 Å². The summed E-state index contributed by atoms with van der Waals surface area (Å²) < 4.78 is 0. The predicted molar refractivity (Wildman–Crippen MR) is 126 cm³/mol. The second kappa shape index (κ2) is 8.46. The van der Waals surface area contributed by atoms with Crippen LogP contribution in [0.5, 0.6) is 0 Å². The van der Waals surface area contributed by atoms with Crippen molar-refractivity contribution in [3.05, 3.63) is 36.2 Å². The zero-order chi connectivity index (χ0) is 21.4. The Morgan fingerprint density at radius 2 is 1.97 bits per heavy atom. The van der Waals surface area contributed by atoms with Crippen LogP contribution in [0, 0.1) is 12.8 Å². The smallest absolute Gasteiger partial charge is 0.153 e. The molecule has 5 rings (SSSR count). The first-order chi connectivity index (χ1) is 15.0. The van der Waals surface area contributed by atoms with Gasteiger partial charge >= 0.3 is 0 Å². The van der Waals surface area contributed by atoms with Gasteiger partial charge in [0.15, 0.2) is 5.82 Å². The van der Waals surface area contributed by atoms with Crippen molar-refractivity contribution in [2.75, 3.05) is 17.2 Å². The second-order valence-electron chi connectivity index (χ2n) is 9.63. The molecule has 2 bridgehead atoms. The fraction of sp³-hybridized carbons (Fsp3) is 0.542. The number of rotatable bonds is 6. The fourth-order valence-corrected chi connectivity index (χ4v) is 5.37. The third-order valence-electron chi connectivity index (χ3n) is 6.60. The molecule has 31 heavy (non-hydrogen) atoms. The largest absolute Gasteiger partial charge is 0.367 e. The van der Waals surface area contributed by atoms with Crippen LogP contribution in [0.3, 0.4) is 0 Å². The first-order valence-corrected chi connectivity index (χ1v) is 11.6. The number of nitrogens with one attached hydrogen (secondary N) is 3. The molecule has 2 fully saturated rings. The summed E-state index contributed by atoms with van der Waals surface area (Å²) in [6, 6.07) is 9.87. The number of aryl methyl sites for hydroxylation is 1. The van der Waals surface area contributed by atoms with E-state index in [-0.39, 0.29) is 0 Å². The second-order valence-corrected chi connectivity index (χ2v) is 9.63. The Kier molecular flexibility index (Phi) is 5.52. The Morgan fingerprint density at radius 1 is 1.16 bits per heavy atom. The van der Waals surface area contributed by atoms with Gasteiger partial charge in [0.2, 0.25) is 0 Å². The molecule has 0 spiro atoms. The topological polar surface area (TPSA) is 81.8 Å². The summed E-state index contributed by atoms with van der Waals surface area (Å²) in [5.74, 6) is 3.17. The van der Waals surface area contributed by atoms with E-state index in [1.807, 2.05) is 31.3 Å². The molecule has 0 radical (unpaired) electrons. The molecule has 0 saturated carbocycles. The van der Waals surface area contributed by atoms with E-state index < -0.39 is 0 Å². The van der Waals surface area contributed by atoms with Crippen molar-refractivity contribution in [1.82, 2.24) is 25.1 Å². The summed E-state index contributed by atoms with van der Waals surface area (Å²) in [6.45, 7) is 7.88. The van der Waals surface area contributed by atoms with Gasteiger partial charge in [-0.1, -0.05) is 20.3 Å². The standard InChI is InChI=1S/C24H33N7/c1-15(2)14-31-18-6-4-7-19(31)12-17(11-18)26-24-20-8-5-9-25-21(20)13-22(28-24)27-23-10-16(3)29-30-23/h5,8-10,13,15,17-19H,4,6-7,11-12,14H2,1-3H3,(H3,26,27,28,29,30)/t17?,18-,19+. The van der Waals surface area contributed by atoms with E-state index in [1.54, 1.807) is 0 Å². The lowest BCUT2D eigenvalue weighted by molar-refractivity contribution is 0.0254. The van der Waals surface area contributed by atoms with Crippen LogP contribution in [0.15, 0.2) is 30.5 Å². The van der Waals surface area contributed by atoms with Gasteiger partial charge in [-0.05, 0) is 50.7 Å². The minimum absolute atomic E-state index is 0.442. The van der Waals surface area contributed by atoms with Gasteiger partial charge in [-0.3, -0.25) is 15.0 Å². The number of nitrogens with zero attached hydrogens (tertiary/aromatic N) is 4. The number of piperidine rings is 2. The van der Waals surface area contributed by atoms with E-state index in [1.165, 1.54) is 38.6 Å². The number of hydrogen-bond donors (Lipinski definition) is 3. The SMILES string of the molecule is Cc1cc(Nc2cc3ncccc3c(NC3C[C@H]4CCC[C@@H](C3)N4CC(C)C)n2)n[nH]1. The van der Waals surface area contributed by atoms with Crippen molar-refractivity contribution in [3.8, 4) is 0 Å². The molecule has 3 aromatic heterocycles. The van der Waals surface area contributed by atoms with Crippen molar-refractivity contribution in [1.29, 1.82) is 0 Å². The molecule has 3 N–H and O–H groups in total. The maximum atomic E-state index is 4.93. The van der Waals surface area contributed by atoms with E-state index in [2.05, 4.69) is 50.6 Å². The summed E-state index contributed by atoms with van der Waals surface area (Å²) in [6.07, 6.45) is 8.20. The molecule has 2 aliphatic rings. The summed E-state index contributed by atoms with van der Waals surface area (Å²) >= 11 is 0. The third-order valence-corrected chi connectivity index (χ3v) is 6.60. The molecule has 0 aliphatic carbocycles. The summed E-state index contributed by atoms with van der Waals surface area (Å²) in [5.41, 5.74) is 1.95. The van der Waals surface area contributed by atoms with Crippen molar-refractivity contribution >= 4 is 28.4 Å². The van der Waals surface area contributed by atoms with E-state index >= 15 is 0 Å². The lowest BCUT2D eigenvalue weighted by atomic mass is 9.81. The lowest BCUT2D eigenvalue weighted by Gasteiger charge is -2.49. The Morgan fingerprint density at radius 3 is 2.68 bits per heavy atom. The maximum Gasteiger partial charge on any atom is 0.153 e. The zero-order valence-corrected chi connectivity index (χ0v) is 18.7. The summed E-state index contributed by atoms with van der Waals surface area (Å²) in [4.78, 5) is 12.3. The minimum Gasteiger partial charge on any atom is -0.367 e. The highest BCUT2D eigenvalue weighted by Gasteiger charge is 2.38. The normalized spacial score (nSPS) is 23.9. The van der Waals surface area contributed by atoms with Crippen molar-refractivity contribution in [3.63, 3.8) is 0 Å². The van der Waals surface area contributed by atoms with Gasteiger partial charge in [0.05, 0.1) is 5.52 Å². The number of fused-ring (bicyclic) bond motifs is 3. The molecule has 1 unspecified atom stereocenters. The predicted octanol–water partition coefficient (Wildman–Crippen LogP) is 4.86. The van der Waals surface area contributed by atoms with Crippen LogP contribution in [-0.4, -0.2) is 49.7 Å². The average molecular weight is 420 g/mol. The van der Waals surface area contributed by atoms with Crippen LogP contribution in [0.1, 0.15) is 51.6 Å². The van der Waals surface area contributed by atoms with Crippen LogP contribution < -0.4 is 10.6 Å². The van der Waals surface area contributed by atoms with E-state index in [4.69, 9.17) is 4.98 Å². The summed E-state index contributed by atoms with van der Waals surface area (Å²) in [7, 11) is 0. The molecule has 7 heteroatoms. The van der Waals surface area contributed by atoms with Crippen LogP contribution in [0.4, 0.5) is 17.5 Å².